The zero-order valence-corrected chi connectivity index (χ0v) is 19.4. The Balaban J connectivity index is 1.89. The van der Waals surface area contributed by atoms with Gasteiger partial charge in [0.05, 0.1) is 0 Å². The van der Waals surface area contributed by atoms with Gasteiger partial charge in [-0.25, -0.2) is 9.18 Å². The summed E-state index contributed by atoms with van der Waals surface area (Å²) in [7, 11) is 4.29. The lowest BCUT2D eigenvalue weighted by atomic mass is 9.98. The number of nitrogens with zero attached hydrogens (tertiary/aromatic N) is 2. The Morgan fingerprint density at radius 1 is 0.853 bits per heavy atom. The molecule has 3 amide bonds. The molecule has 0 heterocycles. The Bertz CT molecular complexity index is 1180. The van der Waals surface area contributed by atoms with Crippen LogP contribution < -0.4 is 5.32 Å². The Hall–Kier alpha value is -3.94. The highest BCUT2D eigenvalue weighted by Crippen LogP contribution is 2.20. The predicted molar refractivity (Wildman–Crippen MR) is 128 cm³/mol. The third-order valence-corrected chi connectivity index (χ3v) is 6.00. The molecule has 34 heavy (non-hydrogen) atoms. The van der Waals surface area contributed by atoms with Crippen molar-refractivity contribution in [1.82, 2.24) is 15.1 Å². The number of carbonyl (C=O) groups is 3. The van der Waals surface area contributed by atoms with Crippen LogP contribution in [0, 0.1) is 5.82 Å². The van der Waals surface area contributed by atoms with E-state index in [2.05, 4.69) is 5.32 Å². The Morgan fingerprint density at radius 3 is 2.06 bits per heavy atom. The van der Waals surface area contributed by atoms with Crippen LogP contribution in [0.4, 0.5) is 9.18 Å². The molecule has 3 aromatic rings. The van der Waals surface area contributed by atoms with Crippen LogP contribution in [0.25, 0.3) is 10.8 Å². The number of rotatable bonds is 8. The van der Waals surface area contributed by atoms with Crippen LogP contribution in [-0.2, 0) is 22.4 Å². The van der Waals surface area contributed by atoms with Crippen molar-refractivity contribution in [3.63, 3.8) is 0 Å². The zero-order chi connectivity index (χ0) is 24.8. The quantitative estimate of drug-likeness (QED) is 0.534. The summed E-state index contributed by atoms with van der Waals surface area (Å²) in [5.74, 6) is -1.31. The molecule has 0 aliphatic rings. The van der Waals surface area contributed by atoms with Crippen molar-refractivity contribution in [2.24, 2.45) is 0 Å². The van der Waals surface area contributed by atoms with E-state index in [1.54, 1.807) is 12.1 Å². The summed E-state index contributed by atoms with van der Waals surface area (Å²) in [6.07, 6.45) is -0.947. The van der Waals surface area contributed by atoms with Crippen molar-refractivity contribution in [3.05, 3.63) is 83.7 Å². The Morgan fingerprint density at radius 2 is 1.44 bits per heavy atom. The molecule has 0 radical (unpaired) electrons. The molecule has 0 spiro atoms. The van der Waals surface area contributed by atoms with Gasteiger partial charge in [0.1, 0.15) is 17.9 Å². The number of likely N-dealkylation sites (N-methyl/N-ethyl adjacent to an activating group) is 3. The maximum absolute atomic E-state index is 13.5. The largest absolute Gasteiger partial charge is 0.465 e. The van der Waals surface area contributed by atoms with E-state index in [-0.39, 0.29) is 12.8 Å². The van der Waals surface area contributed by atoms with Crippen molar-refractivity contribution in [2.45, 2.75) is 24.9 Å². The molecule has 2 N–H and O–H groups in total. The van der Waals surface area contributed by atoms with Gasteiger partial charge >= 0.3 is 6.09 Å². The Kier molecular flexibility index (Phi) is 7.83. The van der Waals surface area contributed by atoms with Crippen molar-refractivity contribution in [3.8, 4) is 0 Å². The van der Waals surface area contributed by atoms with Gasteiger partial charge in [-0.3, -0.25) is 14.5 Å². The molecule has 0 aromatic heterocycles. The lowest BCUT2D eigenvalue weighted by Gasteiger charge is -2.33. The molecule has 8 heteroatoms. The lowest BCUT2D eigenvalue weighted by molar-refractivity contribution is -0.142. The van der Waals surface area contributed by atoms with Crippen LogP contribution >= 0.6 is 0 Å². The molecule has 0 saturated heterocycles. The first-order chi connectivity index (χ1) is 16.2. The summed E-state index contributed by atoms with van der Waals surface area (Å²) >= 11 is 0. The predicted octanol–water partition coefficient (Wildman–Crippen LogP) is 3.32. The second-order valence-electron chi connectivity index (χ2n) is 8.20. The molecule has 178 valence electrons. The first-order valence-electron chi connectivity index (χ1n) is 10.9. The standard InChI is InChI=1S/C26H28FN3O4/c1-28-24(31)22(15-17-9-12-21(27)13-10-17)29(2)25(32)23(30(3)26(33)34)16-18-8-11-19-6-4-5-7-20(19)14-18/h4-14,22-23H,15-16H2,1-3H3,(H,28,31)(H,33,34)/t22-,23-/m1/s1. The highest BCUT2D eigenvalue weighted by molar-refractivity contribution is 5.91. The Labute approximate surface area is 197 Å². The van der Waals surface area contributed by atoms with Gasteiger partial charge in [-0.15, -0.1) is 0 Å². The zero-order valence-electron chi connectivity index (χ0n) is 19.4. The minimum Gasteiger partial charge on any atom is -0.465 e. The van der Waals surface area contributed by atoms with Crippen LogP contribution in [0.3, 0.4) is 0 Å². The molecule has 7 nitrogen and oxygen atoms in total. The minimum absolute atomic E-state index is 0.147. The number of carbonyl (C=O) groups excluding carboxylic acids is 2. The molecule has 0 aliphatic heterocycles. The second-order valence-corrected chi connectivity index (χ2v) is 8.20. The fourth-order valence-corrected chi connectivity index (χ4v) is 3.92. The molecular formula is C26H28FN3O4. The summed E-state index contributed by atoms with van der Waals surface area (Å²) < 4.78 is 13.3. The van der Waals surface area contributed by atoms with Gasteiger partial charge in [0, 0.05) is 34.0 Å². The van der Waals surface area contributed by atoms with Gasteiger partial charge < -0.3 is 15.3 Å². The summed E-state index contributed by atoms with van der Waals surface area (Å²) in [5, 5.41) is 14.2. The van der Waals surface area contributed by atoms with Crippen LogP contribution in [0.1, 0.15) is 11.1 Å². The first kappa shape index (κ1) is 24.7. The monoisotopic (exact) mass is 465 g/mol. The number of carboxylic acid groups (broad SMARTS) is 1. The van der Waals surface area contributed by atoms with Crippen LogP contribution in [-0.4, -0.2) is 66.0 Å². The first-order valence-corrected chi connectivity index (χ1v) is 10.9. The maximum Gasteiger partial charge on any atom is 0.407 e. The normalized spacial score (nSPS) is 12.6. The van der Waals surface area contributed by atoms with Gasteiger partial charge in [-0.05, 0) is 34.0 Å². The third kappa shape index (κ3) is 5.70. The number of halogens is 1. The van der Waals surface area contributed by atoms with Crippen molar-refractivity contribution in [2.75, 3.05) is 21.1 Å². The number of amides is 3. The maximum atomic E-state index is 13.5. The highest BCUT2D eigenvalue weighted by Gasteiger charge is 2.34. The van der Waals surface area contributed by atoms with E-state index in [4.69, 9.17) is 0 Å². The van der Waals surface area contributed by atoms with Crippen molar-refractivity contribution >= 4 is 28.7 Å². The van der Waals surface area contributed by atoms with Crippen LogP contribution in [0.5, 0.6) is 0 Å². The summed E-state index contributed by atoms with van der Waals surface area (Å²) in [6.45, 7) is 0. The fraction of sp³-hybridized carbons (Fsp3) is 0.269. The van der Waals surface area contributed by atoms with Crippen molar-refractivity contribution in [1.29, 1.82) is 0 Å². The molecular weight excluding hydrogens is 437 g/mol. The van der Waals surface area contributed by atoms with Gasteiger partial charge in [-0.1, -0.05) is 54.6 Å². The topological polar surface area (TPSA) is 90.0 Å². The number of hydrogen-bond acceptors (Lipinski definition) is 3. The smallest absolute Gasteiger partial charge is 0.407 e. The molecule has 0 saturated carbocycles. The average Bonchev–Trinajstić information content (AvgIpc) is 2.85. The van der Waals surface area contributed by atoms with Gasteiger partial charge in [0.2, 0.25) is 11.8 Å². The summed E-state index contributed by atoms with van der Waals surface area (Å²) in [6, 6.07) is 17.3. The highest BCUT2D eigenvalue weighted by atomic mass is 19.1. The van der Waals surface area contributed by atoms with Crippen molar-refractivity contribution < 1.29 is 23.9 Å². The van der Waals surface area contributed by atoms with Crippen LogP contribution in [0.15, 0.2) is 66.7 Å². The molecule has 0 bridgehead atoms. The SMILES string of the molecule is CNC(=O)[C@@H](Cc1ccc(F)cc1)N(C)C(=O)[C@@H](Cc1ccc2ccccc2c1)N(C)C(=O)O. The molecule has 3 aromatic carbocycles. The van der Waals surface area contributed by atoms with E-state index in [1.165, 1.54) is 38.2 Å². The number of nitrogens with one attached hydrogen (secondary N) is 1. The average molecular weight is 466 g/mol. The van der Waals surface area contributed by atoms with Gasteiger partial charge in [-0.2, -0.15) is 0 Å². The van der Waals surface area contributed by atoms with Gasteiger partial charge in [0.25, 0.3) is 0 Å². The molecule has 2 atom stereocenters. The third-order valence-electron chi connectivity index (χ3n) is 6.00. The van der Waals surface area contributed by atoms with E-state index in [0.29, 0.717) is 5.56 Å². The molecule has 0 fully saturated rings. The summed E-state index contributed by atoms with van der Waals surface area (Å²) in [5.41, 5.74) is 1.47. The van der Waals surface area contributed by atoms with E-state index in [1.807, 2.05) is 42.5 Å². The van der Waals surface area contributed by atoms with E-state index >= 15 is 0 Å². The summed E-state index contributed by atoms with van der Waals surface area (Å²) in [4.78, 5) is 40.2. The second kappa shape index (κ2) is 10.8. The molecule has 3 rings (SSSR count). The number of fused-ring (bicyclic) bond motifs is 1. The van der Waals surface area contributed by atoms with Gasteiger partial charge in [0.15, 0.2) is 0 Å². The minimum atomic E-state index is -1.25. The van der Waals surface area contributed by atoms with E-state index in [9.17, 15) is 23.9 Å². The van der Waals surface area contributed by atoms with E-state index < -0.39 is 35.8 Å². The number of benzene rings is 3. The van der Waals surface area contributed by atoms with Crippen LogP contribution in [0.2, 0.25) is 0 Å². The number of hydrogen-bond donors (Lipinski definition) is 2. The fourth-order valence-electron chi connectivity index (χ4n) is 3.92. The molecule has 0 aliphatic carbocycles. The van der Waals surface area contributed by atoms with E-state index in [0.717, 1.165) is 21.2 Å². The molecule has 0 unspecified atom stereocenters. The lowest BCUT2D eigenvalue weighted by Crippen LogP contribution is -2.55.